The van der Waals surface area contributed by atoms with Crippen LogP contribution in [0, 0.1) is 5.92 Å². The molecule has 1 heterocycles. The number of aliphatic hydroxyl groups excluding tert-OH is 1. The Hall–Kier alpha value is -1.10. The van der Waals surface area contributed by atoms with Gasteiger partial charge in [0, 0.05) is 12.5 Å². The molecular weight excluding hydrogens is 170 g/mol. The number of hydrogen-bond donors (Lipinski definition) is 2. The molecule has 5 nitrogen and oxygen atoms in total. The lowest BCUT2D eigenvalue weighted by Crippen LogP contribution is -2.25. The maximum absolute atomic E-state index is 11.1. The average Bonchev–Trinajstić information content (AvgIpc) is 2.65. The summed E-state index contributed by atoms with van der Waals surface area (Å²) in [7, 11) is 0. The number of nitrogens with zero attached hydrogens (tertiary/aromatic N) is 2. The zero-order valence-electron chi connectivity index (χ0n) is 7.31. The fraction of sp³-hybridized carbons (Fsp3) is 0.750. The summed E-state index contributed by atoms with van der Waals surface area (Å²) in [5.41, 5.74) is -0.195. The van der Waals surface area contributed by atoms with Crippen molar-refractivity contribution in [2.45, 2.75) is 31.9 Å². The number of H-pyrrole nitrogens is 1. The smallest absolute Gasteiger partial charge is 0.343 e. The second kappa shape index (κ2) is 3.33. The van der Waals surface area contributed by atoms with E-state index in [4.69, 9.17) is 0 Å². The van der Waals surface area contributed by atoms with Crippen LogP contribution >= 0.6 is 0 Å². The molecule has 0 saturated heterocycles. The van der Waals surface area contributed by atoms with Crippen LogP contribution in [0.15, 0.2) is 11.1 Å². The van der Waals surface area contributed by atoms with Gasteiger partial charge in [-0.25, -0.2) is 9.89 Å². The number of hydrogen-bond acceptors (Lipinski definition) is 3. The highest BCUT2D eigenvalue weighted by atomic mass is 16.3. The van der Waals surface area contributed by atoms with Crippen LogP contribution in [0.25, 0.3) is 0 Å². The van der Waals surface area contributed by atoms with Gasteiger partial charge in [0.05, 0.1) is 6.10 Å². The van der Waals surface area contributed by atoms with Gasteiger partial charge >= 0.3 is 5.69 Å². The lowest BCUT2D eigenvalue weighted by atomic mass is 10.1. The normalized spacial score (nSPS) is 28.1. The van der Waals surface area contributed by atoms with Crippen molar-refractivity contribution in [3.8, 4) is 0 Å². The van der Waals surface area contributed by atoms with Crippen LogP contribution in [0.2, 0.25) is 0 Å². The summed E-state index contributed by atoms with van der Waals surface area (Å²) in [5.74, 6) is 0.218. The molecule has 0 radical (unpaired) electrons. The van der Waals surface area contributed by atoms with E-state index in [0.717, 1.165) is 19.3 Å². The third kappa shape index (κ3) is 1.65. The molecule has 1 fully saturated rings. The van der Waals surface area contributed by atoms with Crippen LogP contribution in [-0.4, -0.2) is 26.0 Å². The lowest BCUT2D eigenvalue weighted by Gasteiger charge is -2.13. The standard InChI is InChI=1S/C8H13N3O2/c12-7-3-1-2-6(7)4-11-5-9-10-8(11)13/h5-7,12H,1-4H2,(H,10,13). The topological polar surface area (TPSA) is 70.9 Å². The van der Waals surface area contributed by atoms with Gasteiger partial charge in [-0.05, 0) is 12.8 Å². The highest BCUT2D eigenvalue weighted by Crippen LogP contribution is 2.26. The molecule has 0 amide bonds. The minimum atomic E-state index is -0.248. The van der Waals surface area contributed by atoms with Gasteiger partial charge in [-0.3, -0.25) is 4.57 Å². The fourth-order valence-corrected chi connectivity index (χ4v) is 1.88. The van der Waals surface area contributed by atoms with Crippen molar-refractivity contribution < 1.29 is 5.11 Å². The first-order valence-corrected chi connectivity index (χ1v) is 4.55. The Balaban J connectivity index is 2.06. The Morgan fingerprint density at radius 1 is 1.69 bits per heavy atom. The zero-order valence-corrected chi connectivity index (χ0v) is 7.31. The summed E-state index contributed by atoms with van der Waals surface area (Å²) in [6.45, 7) is 0.580. The third-order valence-corrected chi connectivity index (χ3v) is 2.67. The van der Waals surface area contributed by atoms with Gasteiger partial charge in [-0.15, -0.1) is 0 Å². The molecule has 2 N–H and O–H groups in total. The molecule has 1 aliphatic rings. The number of aromatic nitrogens is 3. The van der Waals surface area contributed by atoms with E-state index < -0.39 is 0 Å². The molecule has 0 aromatic carbocycles. The van der Waals surface area contributed by atoms with Gasteiger partial charge in [-0.1, -0.05) is 6.42 Å². The SMILES string of the molecule is O=c1[nH]ncn1CC1CCCC1O. The van der Waals surface area contributed by atoms with Crippen molar-refractivity contribution in [2.75, 3.05) is 0 Å². The first kappa shape index (κ1) is 8.50. The maximum Gasteiger partial charge on any atom is 0.343 e. The molecule has 0 aliphatic heterocycles. The molecule has 5 heteroatoms. The van der Waals surface area contributed by atoms with Crippen molar-refractivity contribution in [2.24, 2.45) is 5.92 Å². The van der Waals surface area contributed by atoms with Crippen LogP contribution in [0.1, 0.15) is 19.3 Å². The average molecular weight is 183 g/mol. The molecule has 0 bridgehead atoms. The van der Waals surface area contributed by atoms with E-state index in [9.17, 15) is 9.90 Å². The molecule has 72 valence electrons. The van der Waals surface area contributed by atoms with Gasteiger partial charge < -0.3 is 5.11 Å². The van der Waals surface area contributed by atoms with Crippen LogP contribution in [0.3, 0.4) is 0 Å². The van der Waals surface area contributed by atoms with E-state index in [1.807, 2.05) is 0 Å². The molecule has 1 saturated carbocycles. The van der Waals surface area contributed by atoms with Gasteiger partial charge in [0.25, 0.3) is 0 Å². The third-order valence-electron chi connectivity index (χ3n) is 2.67. The molecule has 2 unspecified atom stereocenters. The molecule has 2 rings (SSSR count). The predicted molar refractivity (Wildman–Crippen MR) is 46.2 cm³/mol. The fourth-order valence-electron chi connectivity index (χ4n) is 1.88. The van der Waals surface area contributed by atoms with E-state index in [0.29, 0.717) is 6.54 Å². The molecule has 0 spiro atoms. The van der Waals surface area contributed by atoms with Crippen molar-refractivity contribution in [1.29, 1.82) is 0 Å². The van der Waals surface area contributed by atoms with E-state index >= 15 is 0 Å². The Bertz CT molecular complexity index is 330. The van der Waals surface area contributed by atoms with Crippen molar-refractivity contribution in [3.63, 3.8) is 0 Å². The zero-order chi connectivity index (χ0) is 9.26. The van der Waals surface area contributed by atoms with Gasteiger partial charge in [-0.2, -0.15) is 5.10 Å². The predicted octanol–water partition coefficient (Wildman–Crippen LogP) is -0.268. The monoisotopic (exact) mass is 183 g/mol. The second-order valence-corrected chi connectivity index (χ2v) is 3.57. The highest BCUT2D eigenvalue weighted by molar-refractivity contribution is 4.78. The summed E-state index contributed by atoms with van der Waals surface area (Å²) in [5, 5.41) is 15.5. The minimum absolute atomic E-state index is 0.195. The van der Waals surface area contributed by atoms with Crippen LogP contribution < -0.4 is 5.69 Å². The van der Waals surface area contributed by atoms with Crippen molar-refractivity contribution >= 4 is 0 Å². The van der Waals surface area contributed by atoms with E-state index in [-0.39, 0.29) is 17.7 Å². The Morgan fingerprint density at radius 2 is 2.54 bits per heavy atom. The molecule has 2 atom stereocenters. The van der Waals surface area contributed by atoms with Crippen molar-refractivity contribution in [3.05, 3.63) is 16.8 Å². The maximum atomic E-state index is 11.1. The van der Waals surface area contributed by atoms with Gasteiger partial charge in [0.15, 0.2) is 0 Å². The van der Waals surface area contributed by atoms with Crippen LogP contribution in [0.5, 0.6) is 0 Å². The molecule has 1 aliphatic carbocycles. The summed E-state index contributed by atoms with van der Waals surface area (Å²) in [6.07, 6.45) is 4.14. The largest absolute Gasteiger partial charge is 0.393 e. The Kier molecular flexibility index (Phi) is 2.18. The van der Waals surface area contributed by atoms with Crippen LogP contribution in [-0.2, 0) is 6.54 Å². The first-order valence-electron chi connectivity index (χ1n) is 4.55. The quantitative estimate of drug-likeness (QED) is 0.663. The number of aliphatic hydroxyl groups is 1. The first-order chi connectivity index (χ1) is 6.27. The molecule has 1 aromatic rings. The molecular formula is C8H13N3O2. The number of rotatable bonds is 2. The number of aromatic amines is 1. The van der Waals surface area contributed by atoms with E-state index in [2.05, 4.69) is 10.2 Å². The molecule has 1 aromatic heterocycles. The minimum Gasteiger partial charge on any atom is -0.393 e. The van der Waals surface area contributed by atoms with E-state index in [1.165, 1.54) is 10.9 Å². The Labute approximate surface area is 75.4 Å². The number of nitrogens with one attached hydrogen (secondary N) is 1. The Morgan fingerprint density at radius 3 is 3.08 bits per heavy atom. The molecule has 13 heavy (non-hydrogen) atoms. The summed E-state index contributed by atoms with van der Waals surface area (Å²) in [4.78, 5) is 11.1. The highest BCUT2D eigenvalue weighted by Gasteiger charge is 2.25. The van der Waals surface area contributed by atoms with Crippen molar-refractivity contribution in [1.82, 2.24) is 14.8 Å². The summed E-state index contributed by atoms with van der Waals surface area (Å²) in [6, 6.07) is 0. The second-order valence-electron chi connectivity index (χ2n) is 3.57. The lowest BCUT2D eigenvalue weighted by molar-refractivity contribution is 0.122. The van der Waals surface area contributed by atoms with Gasteiger partial charge in [0.1, 0.15) is 6.33 Å². The van der Waals surface area contributed by atoms with Gasteiger partial charge in [0.2, 0.25) is 0 Å². The summed E-state index contributed by atoms with van der Waals surface area (Å²) < 4.78 is 1.51. The van der Waals surface area contributed by atoms with Crippen LogP contribution in [0.4, 0.5) is 0 Å². The summed E-state index contributed by atoms with van der Waals surface area (Å²) >= 11 is 0. The van der Waals surface area contributed by atoms with E-state index in [1.54, 1.807) is 0 Å².